The number of carbonyl (C=O) groups is 2. The van der Waals surface area contributed by atoms with E-state index in [-0.39, 0.29) is 12.1 Å². The van der Waals surface area contributed by atoms with Gasteiger partial charge >= 0.3 is 12.2 Å². The van der Waals surface area contributed by atoms with Gasteiger partial charge in [0.1, 0.15) is 5.60 Å². The number of nitrogens with zero attached hydrogens (tertiary/aromatic N) is 2. The smallest absolute Gasteiger partial charge is 0.412 e. The van der Waals surface area contributed by atoms with Crippen LogP contribution in [0.4, 0.5) is 15.3 Å². The van der Waals surface area contributed by atoms with Gasteiger partial charge in [-0.15, -0.1) is 0 Å². The average molecular weight is 387 g/mol. The normalized spacial score (nSPS) is 27.0. The molecule has 1 aromatic carbocycles. The summed E-state index contributed by atoms with van der Waals surface area (Å²) in [5.74, 6) is 0.525. The summed E-state index contributed by atoms with van der Waals surface area (Å²) in [5.41, 5.74) is 1.42. The van der Waals surface area contributed by atoms with Crippen LogP contribution in [-0.4, -0.2) is 59.3 Å². The van der Waals surface area contributed by atoms with Crippen LogP contribution in [0, 0.1) is 5.92 Å². The van der Waals surface area contributed by atoms with Crippen LogP contribution >= 0.6 is 0 Å². The van der Waals surface area contributed by atoms with E-state index in [1.54, 1.807) is 4.90 Å². The number of carbonyl (C=O) groups excluding carboxylic acids is 1. The Morgan fingerprint density at radius 3 is 2.75 bits per heavy atom. The van der Waals surface area contributed by atoms with E-state index in [0.29, 0.717) is 12.5 Å². The van der Waals surface area contributed by atoms with Gasteiger partial charge in [-0.3, -0.25) is 5.32 Å². The Hall–Kier alpha value is -2.28. The Kier molecular flexibility index (Phi) is 5.19. The van der Waals surface area contributed by atoms with Crippen molar-refractivity contribution < 1.29 is 19.4 Å². The first-order valence-electron chi connectivity index (χ1n) is 10.3. The van der Waals surface area contributed by atoms with Crippen LogP contribution in [0.1, 0.15) is 44.6 Å². The number of hydrogen-bond acceptors (Lipinski definition) is 4. The van der Waals surface area contributed by atoms with Crippen LogP contribution in [0.15, 0.2) is 24.3 Å². The lowest BCUT2D eigenvalue weighted by molar-refractivity contribution is -0.0423. The highest BCUT2D eigenvalue weighted by Crippen LogP contribution is 2.43. The number of ether oxygens (including phenoxy) is 1. The molecule has 0 saturated carbocycles. The van der Waals surface area contributed by atoms with Crippen molar-refractivity contribution in [2.75, 3.05) is 31.5 Å². The molecule has 2 N–H and O–H groups in total. The van der Waals surface area contributed by atoms with Crippen LogP contribution in [0.2, 0.25) is 0 Å². The molecular weight excluding hydrogens is 358 g/mol. The third kappa shape index (κ3) is 3.55. The Bertz CT molecular complexity index is 745. The van der Waals surface area contributed by atoms with E-state index in [2.05, 4.69) is 23.2 Å². The van der Waals surface area contributed by atoms with Crippen LogP contribution < -0.4 is 5.32 Å². The van der Waals surface area contributed by atoms with Gasteiger partial charge in [-0.1, -0.05) is 25.1 Å². The molecule has 4 rings (SSSR count). The fraction of sp³-hybridized carbons (Fsp3) is 0.619. The van der Waals surface area contributed by atoms with Crippen LogP contribution in [0.5, 0.6) is 0 Å². The van der Waals surface area contributed by atoms with Gasteiger partial charge in [0.2, 0.25) is 0 Å². The molecule has 3 aliphatic heterocycles. The molecule has 3 aliphatic rings. The number of benzene rings is 1. The van der Waals surface area contributed by atoms with Crippen LogP contribution in [-0.2, 0) is 10.3 Å². The zero-order chi connectivity index (χ0) is 19.7. The van der Waals surface area contributed by atoms with E-state index in [4.69, 9.17) is 4.74 Å². The summed E-state index contributed by atoms with van der Waals surface area (Å²) in [5, 5.41) is 12.2. The molecule has 0 aliphatic carbocycles. The van der Waals surface area contributed by atoms with Crippen LogP contribution in [0.25, 0.3) is 0 Å². The molecule has 1 spiro atoms. The predicted octanol–water partition coefficient (Wildman–Crippen LogP) is 3.71. The number of amides is 2. The lowest BCUT2D eigenvalue weighted by Gasteiger charge is -2.45. The zero-order valence-electron chi connectivity index (χ0n) is 16.4. The fourth-order valence-electron chi connectivity index (χ4n) is 5.13. The summed E-state index contributed by atoms with van der Waals surface area (Å²) >= 11 is 0. The van der Waals surface area contributed by atoms with Gasteiger partial charge < -0.3 is 19.6 Å². The average Bonchev–Trinajstić information content (AvgIpc) is 2.69. The van der Waals surface area contributed by atoms with Crippen LogP contribution in [0.3, 0.4) is 0 Å². The predicted molar refractivity (Wildman–Crippen MR) is 105 cm³/mol. The number of rotatable bonds is 3. The fourth-order valence-corrected chi connectivity index (χ4v) is 5.13. The maximum absolute atomic E-state index is 12.1. The Morgan fingerprint density at radius 2 is 2.04 bits per heavy atom. The minimum absolute atomic E-state index is 0.129. The molecule has 2 amide bonds. The molecule has 28 heavy (non-hydrogen) atoms. The number of fused-ring (bicyclic) bond motifs is 2. The Morgan fingerprint density at radius 1 is 1.29 bits per heavy atom. The molecular formula is C21H29N3O4. The molecule has 2 fully saturated rings. The number of anilines is 1. The number of nitrogens with one attached hydrogen (secondary N) is 1. The van der Waals surface area contributed by atoms with Crippen molar-refractivity contribution in [3.63, 3.8) is 0 Å². The second kappa shape index (κ2) is 7.62. The van der Waals surface area contributed by atoms with Crippen molar-refractivity contribution >= 4 is 17.9 Å². The molecule has 3 heterocycles. The highest BCUT2D eigenvalue weighted by atomic mass is 16.6. The first-order chi connectivity index (χ1) is 13.5. The lowest BCUT2D eigenvalue weighted by atomic mass is 9.81. The van der Waals surface area contributed by atoms with E-state index in [1.165, 1.54) is 0 Å². The largest absolute Gasteiger partial charge is 0.465 e. The standard InChI is InChI=1S/C21H29N3O4/c1-2-16-13-15(7-10-24(16)20(26)27)14-23-11-8-21(9-12-23)17-5-3-4-6-18(17)22-19(25)28-21/h3-6,15-16H,2,7-14H2,1H3,(H,22,25)(H,26,27). The molecule has 2 saturated heterocycles. The second-order valence-corrected chi connectivity index (χ2v) is 8.28. The van der Waals surface area contributed by atoms with E-state index < -0.39 is 11.7 Å². The molecule has 2 atom stereocenters. The summed E-state index contributed by atoms with van der Waals surface area (Å²) in [4.78, 5) is 27.5. The summed E-state index contributed by atoms with van der Waals surface area (Å²) in [6, 6.07) is 8.04. The molecule has 0 bridgehead atoms. The van der Waals surface area contributed by atoms with E-state index in [0.717, 1.165) is 63.0 Å². The van der Waals surface area contributed by atoms with Gasteiger partial charge in [0, 0.05) is 50.6 Å². The third-order valence-electron chi connectivity index (χ3n) is 6.66. The number of piperidine rings is 2. The summed E-state index contributed by atoms with van der Waals surface area (Å²) < 4.78 is 5.81. The zero-order valence-corrected chi connectivity index (χ0v) is 16.4. The summed E-state index contributed by atoms with van der Waals surface area (Å²) in [6.07, 6.45) is 3.16. The maximum Gasteiger partial charge on any atom is 0.412 e. The van der Waals surface area contributed by atoms with Gasteiger partial charge in [0.15, 0.2) is 0 Å². The quantitative estimate of drug-likeness (QED) is 0.826. The van der Waals surface area contributed by atoms with E-state index in [1.807, 2.05) is 18.2 Å². The van der Waals surface area contributed by atoms with Gasteiger partial charge in [-0.25, -0.2) is 9.59 Å². The van der Waals surface area contributed by atoms with Crippen molar-refractivity contribution in [1.82, 2.24) is 9.80 Å². The van der Waals surface area contributed by atoms with Gasteiger partial charge in [0.05, 0.1) is 5.69 Å². The van der Waals surface area contributed by atoms with Crippen molar-refractivity contribution in [3.05, 3.63) is 29.8 Å². The molecule has 152 valence electrons. The van der Waals surface area contributed by atoms with Gasteiger partial charge in [-0.05, 0) is 31.2 Å². The van der Waals surface area contributed by atoms with Crippen molar-refractivity contribution in [3.8, 4) is 0 Å². The second-order valence-electron chi connectivity index (χ2n) is 8.28. The third-order valence-corrected chi connectivity index (χ3v) is 6.66. The lowest BCUT2D eigenvalue weighted by Crippen LogP contribution is -2.51. The molecule has 0 radical (unpaired) electrons. The highest BCUT2D eigenvalue weighted by Gasteiger charge is 2.44. The molecule has 7 nitrogen and oxygen atoms in total. The SMILES string of the molecule is CCC1CC(CN2CCC3(CC2)OC(=O)Nc2ccccc23)CCN1C(=O)O. The van der Waals surface area contributed by atoms with Gasteiger partial charge in [0.25, 0.3) is 0 Å². The minimum atomic E-state index is -0.795. The van der Waals surface area contributed by atoms with Gasteiger partial charge in [-0.2, -0.15) is 0 Å². The first-order valence-corrected chi connectivity index (χ1v) is 10.3. The minimum Gasteiger partial charge on any atom is -0.465 e. The summed E-state index contributed by atoms with van der Waals surface area (Å²) in [7, 11) is 0. The number of likely N-dealkylation sites (tertiary alicyclic amines) is 2. The molecule has 1 aromatic rings. The van der Waals surface area contributed by atoms with E-state index >= 15 is 0 Å². The number of para-hydroxylation sites is 1. The Balaban J connectivity index is 1.38. The first kappa shape index (κ1) is 19.1. The monoisotopic (exact) mass is 387 g/mol. The number of hydrogen-bond donors (Lipinski definition) is 2. The van der Waals surface area contributed by atoms with E-state index in [9.17, 15) is 14.7 Å². The molecule has 2 unspecified atom stereocenters. The maximum atomic E-state index is 12.1. The summed E-state index contributed by atoms with van der Waals surface area (Å²) in [6.45, 7) is 5.46. The molecule has 0 aromatic heterocycles. The van der Waals surface area contributed by atoms with Crippen molar-refractivity contribution in [1.29, 1.82) is 0 Å². The molecule has 7 heteroatoms. The topological polar surface area (TPSA) is 82.1 Å². The Labute approximate surface area is 165 Å². The highest BCUT2D eigenvalue weighted by molar-refractivity contribution is 5.88. The van der Waals surface area contributed by atoms with Crippen molar-refractivity contribution in [2.45, 2.75) is 50.7 Å². The van der Waals surface area contributed by atoms with Crippen molar-refractivity contribution in [2.24, 2.45) is 5.92 Å². The number of carboxylic acid groups (broad SMARTS) is 1.